The molecule has 0 radical (unpaired) electrons. The van der Waals surface area contributed by atoms with Crippen LogP contribution in [-0.4, -0.2) is 49.8 Å². The second-order valence-corrected chi connectivity index (χ2v) is 6.84. The van der Waals surface area contributed by atoms with E-state index in [9.17, 15) is 4.79 Å². The first-order valence-electron chi connectivity index (χ1n) is 8.97. The van der Waals surface area contributed by atoms with Crippen LogP contribution in [0.1, 0.15) is 31.2 Å². The molecule has 2 N–H and O–H groups in total. The van der Waals surface area contributed by atoms with Gasteiger partial charge in [-0.05, 0) is 49.7 Å². The lowest BCUT2D eigenvalue weighted by atomic mass is 9.89. The number of ether oxygens (including phenoxy) is 2. The third-order valence-corrected chi connectivity index (χ3v) is 5.27. The van der Waals surface area contributed by atoms with Crippen molar-refractivity contribution in [2.24, 2.45) is 11.7 Å². The Morgan fingerprint density at radius 2 is 2.00 bits per heavy atom. The maximum absolute atomic E-state index is 12.6. The summed E-state index contributed by atoms with van der Waals surface area (Å²) in [5.74, 6) is 1.72. The Hall–Kier alpha value is -1.59. The van der Waals surface area contributed by atoms with Crippen LogP contribution in [0.25, 0.3) is 0 Å². The van der Waals surface area contributed by atoms with Gasteiger partial charge in [0.25, 0.3) is 5.91 Å². The standard InChI is InChI=1S/C19H28N2O3/c1-23-17-5-3-2-4-15(17)12-14-8-10-21(11-9-14)19(22)18-7-6-16(13-20)24-18/h2-5,14,16,18H,6-13,20H2,1H3/t16-,18+/m1/s1. The van der Waals surface area contributed by atoms with Crippen molar-refractivity contribution < 1.29 is 14.3 Å². The van der Waals surface area contributed by atoms with E-state index in [4.69, 9.17) is 15.2 Å². The van der Waals surface area contributed by atoms with E-state index >= 15 is 0 Å². The van der Waals surface area contributed by atoms with Crippen molar-refractivity contribution in [1.82, 2.24) is 4.90 Å². The van der Waals surface area contributed by atoms with Gasteiger partial charge in [-0.25, -0.2) is 0 Å². The zero-order chi connectivity index (χ0) is 16.9. The van der Waals surface area contributed by atoms with Gasteiger partial charge in [0.1, 0.15) is 11.9 Å². The molecule has 0 unspecified atom stereocenters. The topological polar surface area (TPSA) is 64.8 Å². The van der Waals surface area contributed by atoms with Crippen LogP contribution in [0.5, 0.6) is 5.75 Å². The van der Waals surface area contributed by atoms with E-state index in [1.165, 1.54) is 5.56 Å². The third-order valence-electron chi connectivity index (χ3n) is 5.27. The molecule has 2 atom stereocenters. The fourth-order valence-corrected chi connectivity index (χ4v) is 3.80. The molecule has 0 spiro atoms. The quantitative estimate of drug-likeness (QED) is 0.895. The largest absolute Gasteiger partial charge is 0.496 e. The smallest absolute Gasteiger partial charge is 0.251 e. The van der Waals surface area contributed by atoms with Gasteiger partial charge in [0, 0.05) is 19.6 Å². The second kappa shape index (κ2) is 7.99. The molecule has 1 amide bonds. The molecule has 2 heterocycles. The van der Waals surface area contributed by atoms with Crippen molar-refractivity contribution in [2.45, 2.75) is 44.3 Å². The first-order valence-corrected chi connectivity index (χ1v) is 8.97. The van der Waals surface area contributed by atoms with Crippen molar-refractivity contribution in [1.29, 1.82) is 0 Å². The second-order valence-electron chi connectivity index (χ2n) is 6.84. The molecule has 5 nitrogen and oxygen atoms in total. The average molecular weight is 332 g/mol. The number of methoxy groups -OCH3 is 1. The number of carbonyl (C=O) groups excluding carboxylic acids is 1. The molecule has 0 aromatic heterocycles. The number of carbonyl (C=O) groups is 1. The highest BCUT2D eigenvalue weighted by atomic mass is 16.5. The van der Waals surface area contributed by atoms with Crippen molar-refractivity contribution in [3.8, 4) is 5.75 Å². The maximum Gasteiger partial charge on any atom is 0.251 e. The number of likely N-dealkylation sites (tertiary alicyclic amines) is 1. The van der Waals surface area contributed by atoms with Crippen molar-refractivity contribution in [2.75, 3.05) is 26.7 Å². The lowest BCUT2D eigenvalue weighted by Crippen LogP contribution is -2.44. The molecular weight excluding hydrogens is 304 g/mol. The van der Waals surface area contributed by atoms with Gasteiger partial charge in [-0.2, -0.15) is 0 Å². The average Bonchev–Trinajstić information content (AvgIpc) is 3.11. The first-order chi connectivity index (χ1) is 11.7. The summed E-state index contributed by atoms with van der Waals surface area (Å²) in [6, 6.07) is 8.20. The minimum Gasteiger partial charge on any atom is -0.496 e. The van der Waals surface area contributed by atoms with E-state index in [-0.39, 0.29) is 18.1 Å². The molecule has 5 heteroatoms. The molecule has 2 saturated heterocycles. The van der Waals surface area contributed by atoms with E-state index < -0.39 is 0 Å². The van der Waals surface area contributed by atoms with Gasteiger partial charge >= 0.3 is 0 Å². The van der Waals surface area contributed by atoms with Crippen LogP contribution in [0, 0.1) is 5.92 Å². The number of benzene rings is 1. The molecule has 2 aliphatic heterocycles. The number of rotatable bonds is 5. The Bertz CT molecular complexity index is 555. The Balaban J connectivity index is 1.50. The summed E-state index contributed by atoms with van der Waals surface area (Å²) in [6.07, 6.45) is 4.58. The van der Waals surface area contributed by atoms with Crippen LogP contribution >= 0.6 is 0 Å². The highest BCUT2D eigenvalue weighted by Crippen LogP contribution is 2.28. The number of hydrogen-bond acceptors (Lipinski definition) is 4. The number of nitrogens with zero attached hydrogens (tertiary/aromatic N) is 1. The molecule has 2 aliphatic rings. The molecule has 1 aromatic carbocycles. The summed E-state index contributed by atoms with van der Waals surface area (Å²) in [5.41, 5.74) is 6.89. The molecule has 0 saturated carbocycles. The van der Waals surface area contributed by atoms with Gasteiger partial charge in [0.2, 0.25) is 0 Å². The Labute approximate surface area is 144 Å². The summed E-state index contributed by atoms with van der Waals surface area (Å²) in [6.45, 7) is 2.16. The number of amides is 1. The monoisotopic (exact) mass is 332 g/mol. The maximum atomic E-state index is 12.6. The van der Waals surface area contributed by atoms with Crippen LogP contribution in [-0.2, 0) is 16.0 Å². The van der Waals surface area contributed by atoms with Gasteiger partial charge in [-0.3, -0.25) is 4.79 Å². The SMILES string of the molecule is COc1ccccc1CC1CCN(C(=O)[C@@H]2CC[C@H](CN)O2)CC1. The summed E-state index contributed by atoms with van der Waals surface area (Å²) < 4.78 is 11.2. The molecule has 1 aromatic rings. The predicted octanol–water partition coefficient (Wildman–Crippen LogP) is 1.98. The number of piperidine rings is 1. The highest BCUT2D eigenvalue weighted by molar-refractivity contribution is 5.81. The Morgan fingerprint density at radius 3 is 2.67 bits per heavy atom. The molecule has 2 fully saturated rings. The van der Waals surface area contributed by atoms with Gasteiger partial charge in [-0.15, -0.1) is 0 Å². The van der Waals surface area contributed by atoms with Crippen molar-refractivity contribution in [3.63, 3.8) is 0 Å². The van der Waals surface area contributed by atoms with Crippen LogP contribution in [0.4, 0.5) is 0 Å². The number of nitrogens with two attached hydrogens (primary N) is 1. The zero-order valence-corrected chi connectivity index (χ0v) is 14.4. The zero-order valence-electron chi connectivity index (χ0n) is 14.4. The van der Waals surface area contributed by atoms with Crippen LogP contribution in [0.2, 0.25) is 0 Å². The van der Waals surface area contributed by atoms with Crippen LogP contribution in [0.15, 0.2) is 24.3 Å². The lowest BCUT2D eigenvalue weighted by Gasteiger charge is -2.33. The summed E-state index contributed by atoms with van der Waals surface area (Å²) in [4.78, 5) is 14.5. The third kappa shape index (κ3) is 3.90. The van der Waals surface area contributed by atoms with Gasteiger partial charge in [0.05, 0.1) is 13.2 Å². The Morgan fingerprint density at radius 1 is 1.25 bits per heavy atom. The van der Waals surface area contributed by atoms with Gasteiger partial charge in [-0.1, -0.05) is 18.2 Å². The molecule has 3 rings (SSSR count). The summed E-state index contributed by atoms with van der Waals surface area (Å²) >= 11 is 0. The van der Waals surface area contributed by atoms with Crippen LogP contribution < -0.4 is 10.5 Å². The number of para-hydroxylation sites is 1. The van der Waals surface area contributed by atoms with E-state index in [1.807, 2.05) is 17.0 Å². The molecule has 0 aliphatic carbocycles. The van der Waals surface area contributed by atoms with Crippen molar-refractivity contribution >= 4 is 5.91 Å². The number of hydrogen-bond donors (Lipinski definition) is 1. The molecular formula is C19H28N2O3. The normalized spacial score (nSPS) is 25.0. The van der Waals surface area contributed by atoms with Gasteiger partial charge < -0.3 is 20.1 Å². The summed E-state index contributed by atoms with van der Waals surface area (Å²) in [7, 11) is 1.72. The summed E-state index contributed by atoms with van der Waals surface area (Å²) in [5, 5.41) is 0. The fourth-order valence-electron chi connectivity index (χ4n) is 3.80. The van der Waals surface area contributed by atoms with E-state index in [0.29, 0.717) is 12.5 Å². The first kappa shape index (κ1) is 17.2. The Kier molecular flexibility index (Phi) is 5.74. The highest BCUT2D eigenvalue weighted by Gasteiger charge is 2.34. The van der Waals surface area contributed by atoms with E-state index in [0.717, 1.165) is 50.9 Å². The van der Waals surface area contributed by atoms with Crippen molar-refractivity contribution in [3.05, 3.63) is 29.8 Å². The molecule has 0 bridgehead atoms. The van der Waals surface area contributed by atoms with E-state index in [1.54, 1.807) is 7.11 Å². The van der Waals surface area contributed by atoms with Gasteiger partial charge in [0.15, 0.2) is 0 Å². The van der Waals surface area contributed by atoms with Crippen LogP contribution in [0.3, 0.4) is 0 Å². The minimum atomic E-state index is -0.274. The fraction of sp³-hybridized carbons (Fsp3) is 0.632. The minimum absolute atomic E-state index is 0.0574. The van der Waals surface area contributed by atoms with E-state index in [2.05, 4.69) is 12.1 Å². The molecule has 132 valence electrons. The molecule has 24 heavy (non-hydrogen) atoms. The lowest BCUT2D eigenvalue weighted by molar-refractivity contribution is -0.144. The predicted molar refractivity (Wildman–Crippen MR) is 93.0 cm³/mol.